The summed E-state index contributed by atoms with van der Waals surface area (Å²) < 4.78 is 0. The van der Waals surface area contributed by atoms with E-state index in [9.17, 15) is 4.79 Å². The average molecular weight is 387 g/mol. The maximum Gasteiger partial charge on any atom is 0.220 e. The second-order valence-corrected chi connectivity index (χ2v) is 7.36. The molecule has 0 radical (unpaired) electrons. The highest BCUT2D eigenvalue weighted by Crippen LogP contribution is 2.20. The number of imidazole rings is 1. The van der Waals surface area contributed by atoms with Crippen LogP contribution < -0.4 is 5.32 Å². The first-order valence-electron chi connectivity index (χ1n) is 9.88. The number of aryl methyl sites for hydroxylation is 2. The van der Waals surface area contributed by atoms with Crippen molar-refractivity contribution in [1.29, 1.82) is 0 Å². The van der Waals surface area contributed by atoms with E-state index in [-0.39, 0.29) is 11.9 Å². The van der Waals surface area contributed by atoms with E-state index in [1.54, 1.807) is 0 Å². The molecule has 1 amide bonds. The molecule has 4 aromatic rings. The second kappa shape index (κ2) is 8.31. The van der Waals surface area contributed by atoms with E-state index in [2.05, 4.69) is 32.6 Å². The maximum atomic E-state index is 12.8. The smallest absolute Gasteiger partial charge is 0.220 e. The number of nitrogens with zero attached hydrogens (tertiary/aromatic N) is 2. The number of fused-ring (bicyclic) bond motifs is 1. The molecule has 2 aromatic carbocycles. The van der Waals surface area contributed by atoms with Crippen LogP contribution in [0.1, 0.15) is 40.8 Å². The monoisotopic (exact) mass is 387 g/mol. The Morgan fingerprint density at radius 1 is 1.07 bits per heavy atom. The van der Waals surface area contributed by atoms with Crippen LogP contribution in [0, 0.1) is 13.8 Å². The maximum absolute atomic E-state index is 12.8. The zero-order valence-electron chi connectivity index (χ0n) is 16.7. The van der Waals surface area contributed by atoms with Crippen molar-refractivity contribution in [2.75, 3.05) is 0 Å². The summed E-state index contributed by atoms with van der Waals surface area (Å²) in [6, 6.07) is 17.9. The highest BCUT2D eigenvalue weighted by Gasteiger charge is 2.19. The van der Waals surface area contributed by atoms with Crippen LogP contribution in [0.15, 0.2) is 54.6 Å². The van der Waals surface area contributed by atoms with Gasteiger partial charge in [0.1, 0.15) is 5.82 Å². The molecule has 29 heavy (non-hydrogen) atoms. The normalized spacial score (nSPS) is 12.2. The summed E-state index contributed by atoms with van der Waals surface area (Å²) in [5.74, 6) is 0.783. The molecule has 0 unspecified atom stereocenters. The molecular formula is C23H25N5O. The van der Waals surface area contributed by atoms with Crippen molar-refractivity contribution >= 4 is 16.9 Å². The molecule has 0 bridgehead atoms. The van der Waals surface area contributed by atoms with Crippen LogP contribution in [0.25, 0.3) is 11.0 Å². The summed E-state index contributed by atoms with van der Waals surface area (Å²) in [7, 11) is 0. The van der Waals surface area contributed by atoms with Gasteiger partial charge in [-0.05, 0) is 49.9 Å². The van der Waals surface area contributed by atoms with Gasteiger partial charge in [-0.1, -0.05) is 42.5 Å². The molecule has 0 saturated heterocycles. The third-order valence-corrected chi connectivity index (χ3v) is 5.24. The van der Waals surface area contributed by atoms with E-state index in [0.717, 1.165) is 39.4 Å². The predicted octanol–water partition coefficient (Wildman–Crippen LogP) is 3.94. The molecule has 1 atom stereocenters. The number of hydrogen-bond donors (Lipinski definition) is 3. The molecule has 148 valence electrons. The molecule has 0 saturated carbocycles. The first-order chi connectivity index (χ1) is 14.1. The van der Waals surface area contributed by atoms with Gasteiger partial charge in [-0.15, -0.1) is 0 Å². The highest BCUT2D eigenvalue weighted by molar-refractivity contribution is 5.78. The fourth-order valence-corrected chi connectivity index (χ4v) is 3.65. The van der Waals surface area contributed by atoms with Crippen molar-refractivity contribution < 1.29 is 4.79 Å². The number of H-pyrrole nitrogens is 2. The number of rotatable bonds is 7. The SMILES string of the molecule is Cc1n[nH]c(C)c1CCC(=O)N[C@@H](Cc1ccccc1)c1nc2ccccc2[nH]1. The predicted molar refractivity (Wildman–Crippen MR) is 114 cm³/mol. The number of aromatic nitrogens is 4. The largest absolute Gasteiger partial charge is 0.346 e. The Labute approximate surface area is 169 Å². The van der Waals surface area contributed by atoms with Gasteiger partial charge in [0.25, 0.3) is 0 Å². The van der Waals surface area contributed by atoms with Crippen molar-refractivity contribution in [3.63, 3.8) is 0 Å². The lowest BCUT2D eigenvalue weighted by molar-refractivity contribution is -0.121. The standard InChI is InChI=1S/C23H25N5O/c1-15-18(16(2)28-27-15)12-13-22(29)24-21(14-17-8-4-3-5-9-17)23-25-19-10-6-7-11-20(19)26-23/h3-11,21H,12-14H2,1-2H3,(H,24,29)(H,25,26)(H,27,28)/t21-/m0/s1. The van der Waals surface area contributed by atoms with E-state index in [1.165, 1.54) is 0 Å². The lowest BCUT2D eigenvalue weighted by atomic mass is 10.0. The number of carbonyl (C=O) groups excluding carboxylic acids is 1. The molecule has 2 heterocycles. The van der Waals surface area contributed by atoms with E-state index >= 15 is 0 Å². The van der Waals surface area contributed by atoms with E-state index in [0.29, 0.717) is 19.3 Å². The fourth-order valence-electron chi connectivity index (χ4n) is 3.65. The van der Waals surface area contributed by atoms with Crippen LogP contribution >= 0.6 is 0 Å². The summed E-state index contributed by atoms with van der Waals surface area (Å²) in [5, 5.41) is 10.4. The van der Waals surface area contributed by atoms with E-state index < -0.39 is 0 Å². The molecule has 0 aliphatic carbocycles. The number of nitrogens with one attached hydrogen (secondary N) is 3. The number of hydrogen-bond acceptors (Lipinski definition) is 3. The Kier molecular flexibility index (Phi) is 5.42. The van der Waals surface area contributed by atoms with Crippen molar-refractivity contribution in [3.05, 3.63) is 82.9 Å². The third-order valence-electron chi connectivity index (χ3n) is 5.24. The number of para-hydroxylation sites is 2. The van der Waals surface area contributed by atoms with Crippen LogP contribution in [-0.4, -0.2) is 26.1 Å². The van der Waals surface area contributed by atoms with Gasteiger partial charge in [0.15, 0.2) is 0 Å². The summed E-state index contributed by atoms with van der Waals surface area (Å²) in [5.41, 5.74) is 6.11. The van der Waals surface area contributed by atoms with Crippen LogP contribution in [-0.2, 0) is 17.6 Å². The van der Waals surface area contributed by atoms with Crippen LogP contribution in [0.2, 0.25) is 0 Å². The lowest BCUT2D eigenvalue weighted by Gasteiger charge is -2.17. The number of benzene rings is 2. The Balaban J connectivity index is 1.52. The minimum Gasteiger partial charge on any atom is -0.346 e. The second-order valence-electron chi connectivity index (χ2n) is 7.36. The van der Waals surface area contributed by atoms with Gasteiger partial charge in [-0.3, -0.25) is 9.89 Å². The zero-order valence-corrected chi connectivity index (χ0v) is 16.7. The summed E-state index contributed by atoms with van der Waals surface area (Å²) >= 11 is 0. The number of carbonyl (C=O) groups is 1. The number of amides is 1. The van der Waals surface area contributed by atoms with Gasteiger partial charge < -0.3 is 10.3 Å². The van der Waals surface area contributed by atoms with Gasteiger partial charge in [0.2, 0.25) is 5.91 Å². The molecular weight excluding hydrogens is 362 g/mol. The quantitative estimate of drug-likeness (QED) is 0.449. The Morgan fingerprint density at radius 2 is 1.83 bits per heavy atom. The zero-order chi connectivity index (χ0) is 20.2. The molecule has 3 N–H and O–H groups in total. The van der Waals surface area contributed by atoms with Crippen LogP contribution in [0.5, 0.6) is 0 Å². The Bertz CT molecular complexity index is 1060. The van der Waals surface area contributed by atoms with Gasteiger partial charge in [-0.25, -0.2) is 4.98 Å². The van der Waals surface area contributed by atoms with E-state index in [4.69, 9.17) is 4.98 Å². The van der Waals surface area contributed by atoms with Crippen molar-refractivity contribution in [3.8, 4) is 0 Å². The van der Waals surface area contributed by atoms with Gasteiger partial charge in [-0.2, -0.15) is 5.10 Å². The summed E-state index contributed by atoms with van der Waals surface area (Å²) in [4.78, 5) is 20.9. The van der Waals surface area contributed by atoms with Gasteiger partial charge in [0.05, 0.1) is 22.8 Å². The van der Waals surface area contributed by atoms with Crippen molar-refractivity contribution in [2.45, 2.75) is 39.2 Å². The van der Waals surface area contributed by atoms with Crippen molar-refractivity contribution in [1.82, 2.24) is 25.5 Å². The minimum absolute atomic E-state index is 0.00591. The molecule has 2 aromatic heterocycles. The first kappa shape index (κ1) is 18.9. The molecule has 0 aliphatic rings. The highest BCUT2D eigenvalue weighted by atomic mass is 16.1. The molecule has 0 spiro atoms. The van der Waals surface area contributed by atoms with Gasteiger partial charge in [0, 0.05) is 12.1 Å². The van der Waals surface area contributed by atoms with Crippen molar-refractivity contribution in [2.24, 2.45) is 0 Å². The lowest BCUT2D eigenvalue weighted by Crippen LogP contribution is -2.31. The minimum atomic E-state index is -0.219. The van der Waals surface area contributed by atoms with Crippen LogP contribution in [0.4, 0.5) is 0 Å². The van der Waals surface area contributed by atoms with E-state index in [1.807, 2.05) is 56.3 Å². The summed E-state index contributed by atoms with van der Waals surface area (Å²) in [6.45, 7) is 3.95. The summed E-state index contributed by atoms with van der Waals surface area (Å²) in [6.07, 6.45) is 1.75. The molecule has 0 fully saturated rings. The molecule has 6 nitrogen and oxygen atoms in total. The molecule has 6 heteroatoms. The topological polar surface area (TPSA) is 86.5 Å². The van der Waals surface area contributed by atoms with Crippen LogP contribution in [0.3, 0.4) is 0 Å². The Morgan fingerprint density at radius 3 is 2.55 bits per heavy atom. The van der Waals surface area contributed by atoms with Gasteiger partial charge >= 0.3 is 0 Å². The third kappa shape index (κ3) is 4.37. The number of aromatic amines is 2. The Hall–Kier alpha value is -3.41. The first-order valence-corrected chi connectivity index (χ1v) is 9.88. The molecule has 0 aliphatic heterocycles. The molecule has 4 rings (SSSR count). The average Bonchev–Trinajstić information content (AvgIpc) is 3.30. The fraction of sp³-hybridized carbons (Fsp3) is 0.261.